The van der Waals surface area contributed by atoms with Crippen molar-refractivity contribution >= 4 is 0 Å². The summed E-state index contributed by atoms with van der Waals surface area (Å²) < 4.78 is 25.9. The lowest BCUT2D eigenvalue weighted by Crippen LogP contribution is -1.82. The van der Waals surface area contributed by atoms with Crippen molar-refractivity contribution in [2.45, 2.75) is 0 Å². The quantitative estimate of drug-likeness (QED) is 0.758. The fraction of sp³-hybridized carbons (Fsp3) is 0. The average molecular weight is 206 g/mol. The third-order valence-electron chi connectivity index (χ3n) is 2.04. The SMILES string of the molecule is Oc1cc(F)cc(-c2cccc(F)c2)c1. The highest BCUT2D eigenvalue weighted by molar-refractivity contribution is 5.65. The van der Waals surface area contributed by atoms with Gasteiger partial charge in [-0.1, -0.05) is 12.1 Å². The minimum Gasteiger partial charge on any atom is -0.508 e. The summed E-state index contributed by atoms with van der Waals surface area (Å²) in [6, 6.07) is 9.41. The molecule has 0 heterocycles. The molecule has 15 heavy (non-hydrogen) atoms. The van der Waals surface area contributed by atoms with Crippen LogP contribution < -0.4 is 0 Å². The van der Waals surface area contributed by atoms with E-state index in [1.54, 1.807) is 6.07 Å². The maximum absolute atomic E-state index is 13.0. The molecule has 3 heteroatoms. The molecule has 0 unspecified atom stereocenters. The van der Waals surface area contributed by atoms with E-state index >= 15 is 0 Å². The van der Waals surface area contributed by atoms with Gasteiger partial charge in [0, 0.05) is 6.07 Å². The molecule has 0 spiro atoms. The second-order valence-electron chi connectivity index (χ2n) is 3.21. The molecule has 0 aliphatic heterocycles. The van der Waals surface area contributed by atoms with E-state index in [0.29, 0.717) is 11.1 Å². The second-order valence-corrected chi connectivity index (χ2v) is 3.21. The summed E-state index contributed by atoms with van der Waals surface area (Å²) in [5.41, 5.74) is 0.983. The summed E-state index contributed by atoms with van der Waals surface area (Å²) in [7, 11) is 0. The van der Waals surface area contributed by atoms with Crippen LogP contribution in [0.25, 0.3) is 11.1 Å². The van der Waals surface area contributed by atoms with E-state index in [4.69, 9.17) is 0 Å². The summed E-state index contributed by atoms with van der Waals surface area (Å²) >= 11 is 0. The number of phenols is 1. The van der Waals surface area contributed by atoms with E-state index in [2.05, 4.69) is 0 Å². The summed E-state index contributed by atoms with van der Waals surface area (Å²) in [6.07, 6.45) is 0. The van der Waals surface area contributed by atoms with Crippen molar-refractivity contribution in [3.05, 3.63) is 54.1 Å². The molecular formula is C12H8F2O. The Morgan fingerprint density at radius 3 is 2.20 bits per heavy atom. The minimum absolute atomic E-state index is 0.172. The lowest BCUT2D eigenvalue weighted by atomic mass is 10.1. The monoisotopic (exact) mass is 206 g/mol. The van der Waals surface area contributed by atoms with Crippen molar-refractivity contribution in [3.8, 4) is 16.9 Å². The lowest BCUT2D eigenvalue weighted by molar-refractivity contribution is 0.469. The van der Waals surface area contributed by atoms with E-state index < -0.39 is 11.6 Å². The first-order valence-corrected chi connectivity index (χ1v) is 4.40. The molecule has 0 saturated heterocycles. The van der Waals surface area contributed by atoms with Gasteiger partial charge in [-0.3, -0.25) is 0 Å². The van der Waals surface area contributed by atoms with E-state index in [1.165, 1.54) is 30.3 Å². The molecule has 0 bridgehead atoms. The normalized spacial score (nSPS) is 10.3. The van der Waals surface area contributed by atoms with E-state index in [1.807, 2.05) is 0 Å². The van der Waals surface area contributed by atoms with Gasteiger partial charge < -0.3 is 5.11 Å². The fourth-order valence-corrected chi connectivity index (χ4v) is 1.41. The zero-order chi connectivity index (χ0) is 10.8. The largest absolute Gasteiger partial charge is 0.508 e. The van der Waals surface area contributed by atoms with Gasteiger partial charge in [-0.2, -0.15) is 0 Å². The van der Waals surface area contributed by atoms with Gasteiger partial charge in [-0.15, -0.1) is 0 Å². The minimum atomic E-state index is -0.547. The number of hydrogen-bond acceptors (Lipinski definition) is 1. The van der Waals surface area contributed by atoms with Crippen molar-refractivity contribution in [3.63, 3.8) is 0 Å². The molecule has 0 atom stereocenters. The summed E-state index contributed by atoms with van der Waals surface area (Å²) in [6.45, 7) is 0. The van der Waals surface area contributed by atoms with Crippen LogP contribution in [0.5, 0.6) is 5.75 Å². The summed E-state index contributed by atoms with van der Waals surface area (Å²) in [5, 5.41) is 9.19. The van der Waals surface area contributed by atoms with Crippen LogP contribution in [-0.4, -0.2) is 5.11 Å². The molecule has 0 aliphatic carbocycles. The number of halogens is 2. The van der Waals surface area contributed by atoms with Crippen molar-refractivity contribution in [1.82, 2.24) is 0 Å². The standard InChI is InChI=1S/C12H8F2O/c13-10-3-1-2-8(4-10)9-5-11(14)7-12(15)6-9/h1-7,15H. The summed E-state index contributed by atoms with van der Waals surface area (Å²) in [4.78, 5) is 0. The van der Waals surface area contributed by atoms with Gasteiger partial charge in [0.15, 0.2) is 0 Å². The molecule has 0 amide bonds. The lowest BCUT2D eigenvalue weighted by Gasteiger charge is -2.02. The Morgan fingerprint density at radius 2 is 1.53 bits per heavy atom. The first kappa shape index (κ1) is 9.65. The molecule has 0 aromatic heterocycles. The molecule has 2 aromatic carbocycles. The highest BCUT2D eigenvalue weighted by Gasteiger charge is 2.03. The van der Waals surface area contributed by atoms with Crippen LogP contribution >= 0.6 is 0 Å². The number of hydrogen-bond donors (Lipinski definition) is 1. The van der Waals surface area contributed by atoms with E-state index in [9.17, 15) is 13.9 Å². The van der Waals surface area contributed by atoms with Crippen LogP contribution in [0.15, 0.2) is 42.5 Å². The van der Waals surface area contributed by atoms with Gasteiger partial charge in [0.05, 0.1) is 0 Å². The van der Waals surface area contributed by atoms with Gasteiger partial charge in [-0.25, -0.2) is 8.78 Å². The molecule has 0 saturated carbocycles. The third-order valence-corrected chi connectivity index (χ3v) is 2.04. The smallest absolute Gasteiger partial charge is 0.127 e. The van der Waals surface area contributed by atoms with Crippen molar-refractivity contribution in [1.29, 1.82) is 0 Å². The second kappa shape index (κ2) is 3.69. The van der Waals surface area contributed by atoms with Crippen molar-refractivity contribution in [2.24, 2.45) is 0 Å². The van der Waals surface area contributed by atoms with Gasteiger partial charge in [0.2, 0.25) is 0 Å². The Morgan fingerprint density at radius 1 is 0.800 bits per heavy atom. The Labute approximate surface area is 85.6 Å². The third kappa shape index (κ3) is 2.13. The molecule has 2 aromatic rings. The van der Waals surface area contributed by atoms with Crippen molar-refractivity contribution < 1.29 is 13.9 Å². The molecule has 1 nitrogen and oxygen atoms in total. The molecule has 76 valence electrons. The average Bonchev–Trinajstić information content (AvgIpc) is 2.16. The fourth-order valence-electron chi connectivity index (χ4n) is 1.41. The Bertz CT molecular complexity index is 474. The van der Waals surface area contributed by atoms with Gasteiger partial charge in [0.1, 0.15) is 17.4 Å². The highest BCUT2D eigenvalue weighted by atomic mass is 19.1. The maximum atomic E-state index is 13.0. The van der Waals surface area contributed by atoms with Crippen LogP contribution in [0.1, 0.15) is 0 Å². The molecular weight excluding hydrogens is 198 g/mol. The molecule has 1 N–H and O–H groups in total. The first-order chi connectivity index (χ1) is 7.15. The number of benzene rings is 2. The maximum Gasteiger partial charge on any atom is 0.127 e. The van der Waals surface area contributed by atoms with Gasteiger partial charge >= 0.3 is 0 Å². The molecule has 0 radical (unpaired) electrons. The van der Waals surface area contributed by atoms with Gasteiger partial charge in [0.25, 0.3) is 0 Å². The Kier molecular flexibility index (Phi) is 2.37. The molecule has 0 aliphatic rings. The molecule has 2 rings (SSSR count). The number of aromatic hydroxyl groups is 1. The zero-order valence-electron chi connectivity index (χ0n) is 7.74. The van der Waals surface area contributed by atoms with Crippen molar-refractivity contribution in [2.75, 3.05) is 0 Å². The Balaban J connectivity index is 2.54. The zero-order valence-corrected chi connectivity index (χ0v) is 7.74. The van der Waals surface area contributed by atoms with Gasteiger partial charge in [-0.05, 0) is 35.4 Å². The van der Waals surface area contributed by atoms with Crippen LogP contribution in [0.2, 0.25) is 0 Å². The molecule has 0 fully saturated rings. The predicted molar refractivity (Wildman–Crippen MR) is 53.5 cm³/mol. The number of phenolic OH excluding ortho intramolecular Hbond substituents is 1. The van der Waals surface area contributed by atoms with Crippen LogP contribution in [0, 0.1) is 11.6 Å². The van der Waals surface area contributed by atoms with Crippen LogP contribution in [0.3, 0.4) is 0 Å². The highest BCUT2D eigenvalue weighted by Crippen LogP contribution is 2.25. The first-order valence-electron chi connectivity index (χ1n) is 4.40. The van der Waals surface area contributed by atoms with E-state index in [0.717, 1.165) is 6.07 Å². The summed E-state index contributed by atoms with van der Waals surface area (Å²) in [5.74, 6) is -1.11. The van der Waals surface area contributed by atoms with Crippen LogP contribution in [-0.2, 0) is 0 Å². The Hall–Kier alpha value is -1.90. The van der Waals surface area contributed by atoms with Crippen LogP contribution in [0.4, 0.5) is 8.78 Å². The van der Waals surface area contributed by atoms with E-state index in [-0.39, 0.29) is 5.75 Å². The predicted octanol–water partition coefficient (Wildman–Crippen LogP) is 3.34. The topological polar surface area (TPSA) is 20.2 Å². The number of rotatable bonds is 1.